The van der Waals surface area contributed by atoms with Crippen LogP contribution in [0, 0.1) is 15.2 Å². The summed E-state index contributed by atoms with van der Waals surface area (Å²) in [6.45, 7) is 0.888. The molecule has 3 aromatic carbocycles. The van der Waals surface area contributed by atoms with Gasteiger partial charge in [-0.15, -0.1) is 0 Å². The van der Waals surface area contributed by atoms with Crippen molar-refractivity contribution in [2.45, 2.75) is 31.5 Å². The molecule has 3 N–H and O–H groups in total. The Morgan fingerprint density at radius 2 is 1.77 bits per heavy atom. The lowest BCUT2D eigenvalue weighted by atomic mass is 10.0. The summed E-state index contributed by atoms with van der Waals surface area (Å²) >= 11 is 8.30. The van der Waals surface area contributed by atoms with E-state index < -0.39 is 29.7 Å². The van der Waals surface area contributed by atoms with E-state index in [2.05, 4.69) is 27.9 Å². The highest BCUT2D eigenvalue weighted by atomic mass is 127. The SMILES string of the molecule is NC(Cc1cc(F)cc(F)c1)C(CNCc1cccc(I)c1)OC(=O)CCOc1ccccc1Cl. The van der Waals surface area contributed by atoms with Crippen molar-refractivity contribution in [2.75, 3.05) is 13.2 Å². The minimum Gasteiger partial charge on any atom is -0.491 e. The van der Waals surface area contributed by atoms with Crippen molar-refractivity contribution >= 4 is 40.2 Å². The van der Waals surface area contributed by atoms with Gasteiger partial charge in [-0.05, 0) is 76.5 Å². The van der Waals surface area contributed by atoms with Gasteiger partial charge in [0.1, 0.15) is 23.5 Å². The van der Waals surface area contributed by atoms with Crippen molar-refractivity contribution in [3.8, 4) is 5.75 Å². The second-order valence-corrected chi connectivity index (χ2v) is 9.62. The molecular formula is C26H26ClF2IN2O3. The molecule has 35 heavy (non-hydrogen) atoms. The average Bonchev–Trinajstić information content (AvgIpc) is 2.79. The molecule has 0 heterocycles. The molecule has 0 aliphatic carbocycles. The zero-order chi connectivity index (χ0) is 25.2. The van der Waals surface area contributed by atoms with Gasteiger partial charge < -0.3 is 20.5 Å². The maximum atomic E-state index is 13.6. The first-order valence-corrected chi connectivity index (χ1v) is 12.5. The number of carbonyl (C=O) groups excluding carboxylic acids is 1. The Balaban J connectivity index is 1.59. The molecule has 186 valence electrons. The lowest BCUT2D eigenvalue weighted by molar-refractivity contribution is -0.150. The fraction of sp³-hybridized carbons (Fsp3) is 0.269. The van der Waals surface area contributed by atoms with Gasteiger partial charge in [-0.2, -0.15) is 0 Å². The average molecular weight is 615 g/mol. The van der Waals surface area contributed by atoms with Crippen LogP contribution in [0.25, 0.3) is 0 Å². The fourth-order valence-corrected chi connectivity index (χ4v) is 4.25. The first-order valence-electron chi connectivity index (χ1n) is 11.0. The second kappa shape index (κ2) is 13.7. The van der Waals surface area contributed by atoms with E-state index in [0.717, 1.165) is 15.2 Å². The molecule has 0 amide bonds. The maximum Gasteiger partial charge on any atom is 0.309 e. The molecule has 0 aliphatic rings. The van der Waals surface area contributed by atoms with E-state index >= 15 is 0 Å². The topological polar surface area (TPSA) is 73.6 Å². The molecule has 3 aromatic rings. The van der Waals surface area contributed by atoms with Crippen molar-refractivity contribution in [3.05, 3.63) is 98.1 Å². The zero-order valence-corrected chi connectivity index (χ0v) is 21.8. The summed E-state index contributed by atoms with van der Waals surface area (Å²) in [7, 11) is 0. The van der Waals surface area contributed by atoms with Crippen LogP contribution in [-0.2, 0) is 22.5 Å². The zero-order valence-electron chi connectivity index (χ0n) is 18.9. The summed E-state index contributed by atoms with van der Waals surface area (Å²) in [6, 6.07) is 17.5. The minimum atomic E-state index is -0.725. The number of halogens is 4. The first-order chi connectivity index (χ1) is 16.8. The molecule has 0 aromatic heterocycles. The van der Waals surface area contributed by atoms with Gasteiger partial charge in [0.15, 0.2) is 0 Å². The Hall–Kier alpha value is -2.27. The van der Waals surface area contributed by atoms with Crippen LogP contribution in [0.5, 0.6) is 5.75 Å². The highest BCUT2D eigenvalue weighted by molar-refractivity contribution is 14.1. The molecule has 0 bridgehead atoms. The van der Waals surface area contributed by atoms with Crippen molar-refractivity contribution in [2.24, 2.45) is 5.73 Å². The first kappa shape index (κ1) is 27.3. The maximum absolute atomic E-state index is 13.6. The van der Waals surface area contributed by atoms with E-state index in [0.29, 0.717) is 22.9 Å². The highest BCUT2D eigenvalue weighted by Gasteiger charge is 2.23. The van der Waals surface area contributed by atoms with Gasteiger partial charge in [0, 0.05) is 28.8 Å². The van der Waals surface area contributed by atoms with Crippen LogP contribution in [0.15, 0.2) is 66.7 Å². The number of rotatable bonds is 12. The Bertz CT molecular complexity index is 1120. The predicted octanol–water partition coefficient (Wildman–Crippen LogP) is 5.26. The summed E-state index contributed by atoms with van der Waals surface area (Å²) in [5, 5.41) is 3.70. The van der Waals surface area contributed by atoms with Crippen LogP contribution in [0.1, 0.15) is 17.5 Å². The predicted molar refractivity (Wildman–Crippen MR) is 140 cm³/mol. The third-order valence-electron chi connectivity index (χ3n) is 5.12. The molecule has 0 saturated carbocycles. The molecule has 2 unspecified atom stereocenters. The Kier molecular flexibility index (Phi) is 10.7. The number of carbonyl (C=O) groups is 1. The molecule has 5 nitrogen and oxygen atoms in total. The Morgan fingerprint density at radius 1 is 1.03 bits per heavy atom. The highest BCUT2D eigenvalue weighted by Crippen LogP contribution is 2.23. The fourth-order valence-electron chi connectivity index (χ4n) is 3.45. The molecule has 0 radical (unpaired) electrons. The number of hydrogen-bond acceptors (Lipinski definition) is 5. The third-order valence-corrected chi connectivity index (χ3v) is 6.10. The monoisotopic (exact) mass is 614 g/mol. The Labute approximate surface area is 222 Å². The van der Waals surface area contributed by atoms with E-state index in [1.807, 2.05) is 24.3 Å². The van der Waals surface area contributed by atoms with Crippen molar-refractivity contribution in [1.29, 1.82) is 0 Å². The lowest BCUT2D eigenvalue weighted by Crippen LogP contribution is -2.46. The molecule has 0 fully saturated rings. The van der Waals surface area contributed by atoms with Crippen molar-refractivity contribution in [1.82, 2.24) is 5.32 Å². The molecule has 9 heteroatoms. The number of para-hydroxylation sites is 1. The summed E-state index contributed by atoms with van der Waals surface area (Å²) < 4.78 is 39.5. The molecule has 2 atom stereocenters. The van der Waals surface area contributed by atoms with Crippen LogP contribution < -0.4 is 15.8 Å². The summed E-state index contributed by atoms with van der Waals surface area (Å²) in [5.41, 5.74) is 7.78. The van der Waals surface area contributed by atoms with Crippen LogP contribution >= 0.6 is 34.2 Å². The molecular weight excluding hydrogens is 589 g/mol. The van der Waals surface area contributed by atoms with Crippen LogP contribution in [0.4, 0.5) is 8.78 Å². The van der Waals surface area contributed by atoms with Crippen LogP contribution in [0.2, 0.25) is 5.02 Å². The smallest absolute Gasteiger partial charge is 0.309 e. The Morgan fingerprint density at radius 3 is 2.49 bits per heavy atom. The van der Waals surface area contributed by atoms with Gasteiger partial charge in [-0.3, -0.25) is 4.79 Å². The van der Waals surface area contributed by atoms with Gasteiger partial charge in [0.2, 0.25) is 0 Å². The minimum absolute atomic E-state index is 0.0140. The normalized spacial score (nSPS) is 12.7. The number of nitrogens with two attached hydrogens (primary N) is 1. The van der Waals surface area contributed by atoms with Gasteiger partial charge in [-0.25, -0.2) is 8.78 Å². The lowest BCUT2D eigenvalue weighted by Gasteiger charge is -2.25. The van der Waals surface area contributed by atoms with E-state index in [1.54, 1.807) is 24.3 Å². The van der Waals surface area contributed by atoms with E-state index in [1.165, 1.54) is 12.1 Å². The van der Waals surface area contributed by atoms with Crippen molar-refractivity contribution < 1.29 is 23.0 Å². The number of ether oxygens (including phenoxy) is 2. The quantitative estimate of drug-likeness (QED) is 0.215. The van der Waals surface area contributed by atoms with Crippen molar-refractivity contribution in [3.63, 3.8) is 0 Å². The summed E-state index contributed by atoms with van der Waals surface area (Å²) in [6.07, 6.45) is -0.606. The third kappa shape index (κ3) is 9.36. The van der Waals surface area contributed by atoms with E-state index in [9.17, 15) is 13.6 Å². The van der Waals surface area contributed by atoms with Crippen LogP contribution in [0.3, 0.4) is 0 Å². The number of esters is 1. The van der Waals surface area contributed by atoms with Gasteiger partial charge >= 0.3 is 5.97 Å². The molecule has 0 saturated heterocycles. The molecule has 0 aliphatic heterocycles. The number of benzene rings is 3. The van der Waals surface area contributed by atoms with Gasteiger partial charge in [0.05, 0.1) is 18.1 Å². The standard InChI is InChI=1S/C26H26ClF2IN2O3/c27-22-6-1-2-7-24(22)34-9-8-26(33)35-25(16-32-15-17-4-3-5-21(30)12-17)23(31)13-18-10-19(28)14-20(29)11-18/h1-7,10-12,14,23,25,32H,8-9,13,15-16,31H2. The number of nitrogens with one attached hydrogen (secondary N) is 1. The molecule has 0 spiro atoms. The molecule has 3 rings (SSSR count). The summed E-state index contributed by atoms with van der Waals surface area (Å²) in [4.78, 5) is 12.5. The van der Waals surface area contributed by atoms with E-state index in [4.69, 9.17) is 26.8 Å². The second-order valence-electron chi connectivity index (χ2n) is 7.96. The number of hydrogen-bond donors (Lipinski definition) is 2. The van der Waals surface area contributed by atoms with Crippen LogP contribution in [-0.4, -0.2) is 31.3 Å². The van der Waals surface area contributed by atoms with Gasteiger partial charge in [0.25, 0.3) is 0 Å². The largest absolute Gasteiger partial charge is 0.491 e. The van der Waals surface area contributed by atoms with E-state index in [-0.39, 0.29) is 26.0 Å². The summed E-state index contributed by atoms with van der Waals surface area (Å²) in [5.74, 6) is -1.40. The van der Waals surface area contributed by atoms with Gasteiger partial charge in [-0.1, -0.05) is 35.9 Å².